The molecule has 18 heavy (non-hydrogen) atoms. The van der Waals surface area contributed by atoms with Gasteiger partial charge in [-0.25, -0.2) is 0 Å². The highest BCUT2D eigenvalue weighted by Gasteiger charge is 2.26. The number of nitrogens with zero attached hydrogens (tertiary/aromatic N) is 1. The summed E-state index contributed by atoms with van der Waals surface area (Å²) in [5.41, 5.74) is 5.13. The van der Waals surface area contributed by atoms with Gasteiger partial charge < -0.3 is 16.4 Å². The molecule has 4 N–H and O–H groups in total. The Bertz CT molecular complexity index is 277. The van der Waals surface area contributed by atoms with Gasteiger partial charge in [0.1, 0.15) is 0 Å². The number of rotatable bonds is 7. The molecule has 2 amide bonds. The first-order chi connectivity index (χ1) is 8.65. The van der Waals surface area contributed by atoms with Crippen LogP contribution in [0.1, 0.15) is 26.2 Å². The van der Waals surface area contributed by atoms with Crippen LogP contribution < -0.4 is 16.4 Å². The summed E-state index contributed by atoms with van der Waals surface area (Å²) in [7, 11) is 0. The van der Waals surface area contributed by atoms with Crippen LogP contribution in [0.15, 0.2) is 0 Å². The summed E-state index contributed by atoms with van der Waals surface area (Å²) in [6, 6.07) is -0.133. The lowest BCUT2D eigenvalue weighted by molar-refractivity contribution is -0.127. The van der Waals surface area contributed by atoms with E-state index in [1.165, 1.54) is 0 Å². The molecule has 6 heteroatoms. The summed E-state index contributed by atoms with van der Waals surface area (Å²) in [6.07, 6.45) is 1.71. The Morgan fingerprint density at radius 3 is 2.61 bits per heavy atom. The largest absolute Gasteiger partial charge is 0.370 e. The van der Waals surface area contributed by atoms with Crippen molar-refractivity contribution in [3.8, 4) is 0 Å². The molecule has 0 aromatic rings. The highest BCUT2D eigenvalue weighted by molar-refractivity contribution is 5.81. The third-order valence-electron chi connectivity index (χ3n) is 3.15. The van der Waals surface area contributed by atoms with Gasteiger partial charge in [0.05, 0.1) is 6.04 Å². The Balaban J connectivity index is 2.50. The fourth-order valence-electron chi connectivity index (χ4n) is 2.23. The van der Waals surface area contributed by atoms with Crippen LogP contribution in [-0.4, -0.2) is 55.5 Å². The van der Waals surface area contributed by atoms with Crippen LogP contribution in [0.3, 0.4) is 0 Å². The Morgan fingerprint density at radius 1 is 1.39 bits per heavy atom. The molecule has 0 spiro atoms. The molecule has 0 bridgehead atoms. The van der Waals surface area contributed by atoms with Crippen molar-refractivity contribution in [1.29, 1.82) is 0 Å². The van der Waals surface area contributed by atoms with Gasteiger partial charge in [0.2, 0.25) is 11.8 Å². The van der Waals surface area contributed by atoms with E-state index in [0.29, 0.717) is 25.8 Å². The topological polar surface area (TPSA) is 87.5 Å². The Labute approximate surface area is 108 Å². The standard InChI is InChI=1S/C12H24N4O2/c1-2-15-12(18)10(4-3-5-11(13)17)16-8-6-14-7-9-16/h10,14H,2-9H2,1H3,(H2,13,17)(H,15,18). The summed E-state index contributed by atoms with van der Waals surface area (Å²) in [6.45, 7) is 6.11. The number of carbonyl (C=O) groups is 2. The number of nitrogens with one attached hydrogen (secondary N) is 2. The summed E-state index contributed by atoms with van der Waals surface area (Å²) in [5.74, 6) is -0.242. The zero-order valence-corrected chi connectivity index (χ0v) is 11.1. The maximum absolute atomic E-state index is 12.0. The van der Waals surface area contributed by atoms with E-state index >= 15 is 0 Å². The van der Waals surface area contributed by atoms with Gasteiger partial charge in [0, 0.05) is 39.1 Å². The highest BCUT2D eigenvalue weighted by atomic mass is 16.2. The van der Waals surface area contributed by atoms with E-state index in [9.17, 15) is 9.59 Å². The molecule has 1 saturated heterocycles. The molecule has 104 valence electrons. The van der Waals surface area contributed by atoms with E-state index in [2.05, 4.69) is 15.5 Å². The molecular weight excluding hydrogens is 232 g/mol. The van der Waals surface area contributed by atoms with Gasteiger partial charge in [-0.1, -0.05) is 0 Å². The molecule has 1 aliphatic rings. The molecule has 1 atom stereocenters. The minimum Gasteiger partial charge on any atom is -0.370 e. The number of hydrogen-bond acceptors (Lipinski definition) is 4. The van der Waals surface area contributed by atoms with E-state index in [0.717, 1.165) is 26.2 Å². The molecule has 6 nitrogen and oxygen atoms in total. The van der Waals surface area contributed by atoms with Crippen molar-refractivity contribution in [2.24, 2.45) is 5.73 Å². The molecule has 1 fully saturated rings. The lowest BCUT2D eigenvalue weighted by atomic mass is 10.1. The molecule has 0 aliphatic carbocycles. The summed E-state index contributed by atoms with van der Waals surface area (Å²) in [5, 5.41) is 6.13. The second kappa shape index (κ2) is 8.05. The second-order valence-corrected chi connectivity index (χ2v) is 4.55. The Kier molecular flexibility index (Phi) is 6.67. The van der Waals surface area contributed by atoms with Crippen molar-refractivity contribution in [3.63, 3.8) is 0 Å². The Morgan fingerprint density at radius 2 is 2.06 bits per heavy atom. The fourth-order valence-corrected chi connectivity index (χ4v) is 2.23. The van der Waals surface area contributed by atoms with Crippen molar-refractivity contribution in [2.45, 2.75) is 32.2 Å². The number of nitrogens with two attached hydrogens (primary N) is 1. The molecule has 0 aromatic heterocycles. The van der Waals surface area contributed by atoms with Gasteiger partial charge in [-0.3, -0.25) is 14.5 Å². The maximum Gasteiger partial charge on any atom is 0.237 e. The van der Waals surface area contributed by atoms with Gasteiger partial charge in [-0.05, 0) is 19.8 Å². The predicted molar refractivity (Wildman–Crippen MR) is 70.0 cm³/mol. The SMILES string of the molecule is CCNC(=O)C(CCCC(N)=O)N1CCNCC1. The van der Waals surface area contributed by atoms with E-state index in [4.69, 9.17) is 5.73 Å². The molecule has 0 aromatic carbocycles. The number of amides is 2. The number of carbonyl (C=O) groups excluding carboxylic acids is 2. The molecule has 0 saturated carbocycles. The van der Waals surface area contributed by atoms with Crippen molar-refractivity contribution >= 4 is 11.8 Å². The van der Waals surface area contributed by atoms with E-state index in [1.54, 1.807) is 0 Å². The van der Waals surface area contributed by atoms with Crippen molar-refractivity contribution in [3.05, 3.63) is 0 Å². The third-order valence-corrected chi connectivity index (χ3v) is 3.15. The van der Waals surface area contributed by atoms with Gasteiger partial charge in [-0.2, -0.15) is 0 Å². The lowest BCUT2D eigenvalue weighted by Crippen LogP contribution is -2.53. The third kappa shape index (κ3) is 5.01. The molecule has 1 heterocycles. The van der Waals surface area contributed by atoms with Crippen molar-refractivity contribution in [1.82, 2.24) is 15.5 Å². The fraction of sp³-hybridized carbons (Fsp3) is 0.833. The van der Waals surface area contributed by atoms with E-state index in [1.807, 2.05) is 6.92 Å². The van der Waals surface area contributed by atoms with Crippen LogP contribution in [0.25, 0.3) is 0 Å². The number of piperazine rings is 1. The maximum atomic E-state index is 12.0. The van der Waals surface area contributed by atoms with Crippen LogP contribution in [0.5, 0.6) is 0 Å². The van der Waals surface area contributed by atoms with Crippen LogP contribution in [-0.2, 0) is 9.59 Å². The quantitative estimate of drug-likeness (QED) is 0.548. The first kappa shape index (κ1) is 14.9. The monoisotopic (exact) mass is 256 g/mol. The van der Waals surface area contributed by atoms with Gasteiger partial charge in [0.25, 0.3) is 0 Å². The van der Waals surface area contributed by atoms with Crippen LogP contribution in [0.4, 0.5) is 0 Å². The smallest absolute Gasteiger partial charge is 0.237 e. The molecular formula is C12H24N4O2. The van der Waals surface area contributed by atoms with Crippen LogP contribution >= 0.6 is 0 Å². The number of hydrogen-bond donors (Lipinski definition) is 3. The summed E-state index contributed by atoms with van der Waals surface area (Å²) in [4.78, 5) is 25.0. The van der Waals surface area contributed by atoms with Crippen molar-refractivity contribution in [2.75, 3.05) is 32.7 Å². The lowest BCUT2D eigenvalue weighted by Gasteiger charge is -2.34. The average molecular weight is 256 g/mol. The van der Waals surface area contributed by atoms with Gasteiger partial charge >= 0.3 is 0 Å². The molecule has 1 rings (SSSR count). The Hall–Kier alpha value is -1.14. The van der Waals surface area contributed by atoms with E-state index < -0.39 is 0 Å². The summed E-state index contributed by atoms with van der Waals surface area (Å²) >= 11 is 0. The van der Waals surface area contributed by atoms with Gasteiger partial charge in [0.15, 0.2) is 0 Å². The summed E-state index contributed by atoms with van der Waals surface area (Å²) < 4.78 is 0. The van der Waals surface area contributed by atoms with Crippen LogP contribution in [0.2, 0.25) is 0 Å². The van der Waals surface area contributed by atoms with Crippen molar-refractivity contribution < 1.29 is 9.59 Å². The minimum atomic E-state index is -0.301. The number of primary amides is 1. The normalized spacial score (nSPS) is 18.3. The zero-order valence-electron chi connectivity index (χ0n) is 11.1. The first-order valence-corrected chi connectivity index (χ1v) is 6.66. The van der Waals surface area contributed by atoms with Gasteiger partial charge in [-0.15, -0.1) is 0 Å². The zero-order chi connectivity index (χ0) is 13.4. The second-order valence-electron chi connectivity index (χ2n) is 4.55. The first-order valence-electron chi connectivity index (χ1n) is 6.66. The van der Waals surface area contributed by atoms with E-state index in [-0.39, 0.29) is 17.9 Å². The molecule has 0 radical (unpaired) electrons. The predicted octanol–water partition coefficient (Wildman–Crippen LogP) is -0.948. The molecule has 1 aliphatic heterocycles. The molecule has 1 unspecified atom stereocenters. The minimum absolute atomic E-state index is 0.0591. The van der Waals surface area contributed by atoms with Crippen LogP contribution in [0, 0.1) is 0 Å². The number of likely N-dealkylation sites (N-methyl/N-ethyl adjacent to an activating group) is 1. The average Bonchev–Trinajstić information content (AvgIpc) is 2.35. The highest BCUT2D eigenvalue weighted by Crippen LogP contribution is 2.10.